The number of sulfonamides is 1. The Labute approximate surface area is 147 Å². The molecule has 0 saturated heterocycles. The molecule has 0 unspecified atom stereocenters. The fourth-order valence-electron chi connectivity index (χ4n) is 2.15. The Kier molecular flexibility index (Phi) is 4.63. The van der Waals surface area contributed by atoms with Gasteiger partial charge < -0.3 is 5.11 Å². The Balaban J connectivity index is 1.77. The predicted molar refractivity (Wildman–Crippen MR) is 87.1 cm³/mol. The third-order valence-electron chi connectivity index (χ3n) is 3.33. The summed E-state index contributed by atoms with van der Waals surface area (Å²) < 4.78 is 39.3. The summed E-state index contributed by atoms with van der Waals surface area (Å²) in [7, 11) is -4.13. The van der Waals surface area contributed by atoms with E-state index in [1.165, 1.54) is 45.8 Å². The van der Waals surface area contributed by atoms with Crippen molar-refractivity contribution in [1.29, 1.82) is 0 Å². The van der Waals surface area contributed by atoms with E-state index in [0.717, 1.165) is 6.20 Å². The molecule has 1 aromatic carbocycles. The quantitative estimate of drug-likeness (QED) is 0.689. The van der Waals surface area contributed by atoms with E-state index in [1.807, 2.05) is 0 Å². The van der Waals surface area contributed by atoms with Gasteiger partial charge in [0.1, 0.15) is 11.5 Å². The minimum absolute atomic E-state index is 0.188. The number of hydrogen-bond acceptors (Lipinski definition) is 6. The molecule has 0 aliphatic heterocycles. The first kappa shape index (κ1) is 17.5. The maximum atomic E-state index is 12.9. The lowest BCUT2D eigenvalue weighted by molar-refractivity contribution is 0.201. The van der Waals surface area contributed by atoms with Gasteiger partial charge in [0.15, 0.2) is 0 Å². The van der Waals surface area contributed by atoms with Crippen molar-refractivity contribution in [3.8, 4) is 11.3 Å². The number of benzene rings is 1. The van der Waals surface area contributed by atoms with Crippen molar-refractivity contribution >= 4 is 16.1 Å². The van der Waals surface area contributed by atoms with Gasteiger partial charge in [0.05, 0.1) is 29.5 Å². The number of halogens is 1. The van der Waals surface area contributed by atoms with Crippen LogP contribution in [0.15, 0.2) is 53.7 Å². The van der Waals surface area contributed by atoms with Crippen LogP contribution in [0.4, 0.5) is 9.18 Å². The zero-order chi connectivity index (χ0) is 18.7. The van der Waals surface area contributed by atoms with Crippen LogP contribution in [0.1, 0.15) is 5.69 Å². The first-order valence-corrected chi connectivity index (χ1v) is 8.68. The molecule has 134 valence electrons. The highest BCUT2D eigenvalue weighted by Gasteiger charge is 2.17. The van der Waals surface area contributed by atoms with E-state index in [1.54, 1.807) is 6.20 Å². The van der Waals surface area contributed by atoms with E-state index in [4.69, 9.17) is 5.11 Å². The minimum atomic E-state index is -4.13. The van der Waals surface area contributed by atoms with E-state index in [-0.39, 0.29) is 4.90 Å². The summed E-state index contributed by atoms with van der Waals surface area (Å²) in [5.74, 6) is -0.430. The highest BCUT2D eigenvalue weighted by molar-refractivity contribution is 7.90. The monoisotopic (exact) mass is 377 g/mol. The molecule has 1 amide bonds. The maximum Gasteiger partial charge on any atom is 0.418 e. The van der Waals surface area contributed by atoms with Gasteiger partial charge in [-0.05, 0) is 24.3 Å². The summed E-state index contributed by atoms with van der Waals surface area (Å²) in [4.78, 5) is 14.3. The first-order valence-electron chi connectivity index (χ1n) is 7.20. The lowest BCUT2D eigenvalue weighted by Crippen LogP contribution is -2.28. The molecule has 0 aliphatic rings. The second-order valence-electron chi connectivity index (χ2n) is 5.20. The van der Waals surface area contributed by atoms with Crippen LogP contribution in [0.5, 0.6) is 0 Å². The van der Waals surface area contributed by atoms with Gasteiger partial charge in [0.25, 0.3) is 10.0 Å². The second kappa shape index (κ2) is 6.88. The van der Waals surface area contributed by atoms with Crippen LogP contribution in [0.25, 0.3) is 11.3 Å². The highest BCUT2D eigenvalue weighted by atomic mass is 32.2. The lowest BCUT2D eigenvalue weighted by Gasteiger charge is -2.04. The van der Waals surface area contributed by atoms with Gasteiger partial charge >= 0.3 is 6.09 Å². The van der Waals surface area contributed by atoms with E-state index in [2.05, 4.69) is 15.3 Å². The Hall–Kier alpha value is -3.34. The van der Waals surface area contributed by atoms with Crippen molar-refractivity contribution in [2.75, 3.05) is 0 Å². The highest BCUT2D eigenvalue weighted by Crippen LogP contribution is 2.19. The minimum Gasteiger partial charge on any atom is -0.464 e. The van der Waals surface area contributed by atoms with Crippen LogP contribution in [0, 0.1) is 5.82 Å². The number of nitrogens with zero attached hydrogens (tertiary/aromatic N) is 4. The lowest BCUT2D eigenvalue weighted by atomic mass is 10.2. The maximum absolute atomic E-state index is 12.9. The largest absolute Gasteiger partial charge is 0.464 e. The molecule has 9 nitrogen and oxygen atoms in total. The fourth-order valence-corrected chi connectivity index (χ4v) is 2.99. The van der Waals surface area contributed by atoms with Gasteiger partial charge in [-0.15, -0.1) is 5.10 Å². The zero-order valence-electron chi connectivity index (χ0n) is 13.1. The number of carbonyl (C=O) groups is 1. The van der Waals surface area contributed by atoms with Crippen LogP contribution in [-0.4, -0.2) is 39.6 Å². The molecule has 26 heavy (non-hydrogen) atoms. The number of rotatable bonds is 5. The molecule has 3 aromatic rings. The Bertz CT molecular complexity index is 1030. The number of hydrogen-bond donors (Lipinski definition) is 2. The van der Waals surface area contributed by atoms with Gasteiger partial charge in [0.2, 0.25) is 0 Å². The topological polar surface area (TPSA) is 127 Å². The van der Waals surface area contributed by atoms with E-state index in [9.17, 15) is 17.6 Å². The second-order valence-corrected chi connectivity index (χ2v) is 6.89. The summed E-state index contributed by atoms with van der Waals surface area (Å²) in [5.41, 5.74) is 1.68. The zero-order valence-corrected chi connectivity index (χ0v) is 13.9. The first-order chi connectivity index (χ1) is 12.3. The Morgan fingerprint density at radius 1 is 1.19 bits per heavy atom. The molecule has 0 atom stereocenters. The molecule has 0 fully saturated rings. The average molecular weight is 377 g/mol. The molecular weight excluding hydrogens is 365 g/mol. The molecule has 3 rings (SSSR count). The molecule has 2 heterocycles. The number of carboxylic acid groups (broad SMARTS) is 1. The standard InChI is InChI=1S/C15H12FN5O4S/c16-11-3-4-12(17-7-11)8-21-9-14(18-20-21)10-1-5-13(6-2-10)26(24,25)19-15(22)23/h1-7,9,19H,8H2,(H,22,23). The molecule has 2 N–H and O–H groups in total. The number of amides is 1. The molecule has 0 spiro atoms. The van der Waals surface area contributed by atoms with Crippen molar-refractivity contribution in [3.63, 3.8) is 0 Å². The van der Waals surface area contributed by atoms with Crippen LogP contribution in [-0.2, 0) is 16.6 Å². The Morgan fingerprint density at radius 2 is 1.92 bits per heavy atom. The SMILES string of the molecule is O=C(O)NS(=O)(=O)c1ccc(-c2cn(Cc3ccc(F)cn3)nn2)cc1. The Morgan fingerprint density at radius 3 is 2.54 bits per heavy atom. The third-order valence-corrected chi connectivity index (χ3v) is 4.67. The van der Waals surface area contributed by atoms with Crippen molar-refractivity contribution in [3.05, 3.63) is 60.3 Å². The van der Waals surface area contributed by atoms with Gasteiger partial charge in [-0.1, -0.05) is 17.3 Å². The summed E-state index contributed by atoms with van der Waals surface area (Å²) in [6, 6.07) is 8.33. The third kappa shape index (κ3) is 4.00. The van der Waals surface area contributed by atoms with E-state index < -0.39 is 21.9 Å². The fraction of sp³-hybridized carbons (Fsp3) is 0.0667. The van der Waals surface area contributed by atoms with Crippen LogP contribution >= 0.6 is 0 Å². The van der Waals surface area contributed by atoms with Crippen LogP contribution in [0.3, 0.4) is 0 Å². The van der Waals surface area contributed by atoms with Gasteiger partial charge in [-0.3, -0.25) is 4.98 Å². The van der Waals surface area contributed by atoms with Crippen molar-refractivity contribution in [2.24, 2.45) is 0 Å². The van der Waals surface area contributed by atoms with Gasteiger partial charge in [0, 0.05) is 5.56 Å². The summed E-state index contributed by atoms with van der Waals surface area (Å²) in [6.45, 7) is 0.294. The number of aromatic nitrogens is 4. The van der Waals surface area contributed by atoms with E-state index >= 15 is 0 Å². The van der Waals surface area contributed by atoms with Crippen molar-refractivity contribution < 1.29 is 22.7 Å². The van der Waals surface area contributed by atoms with Gasteiger partial charge in [-0.2, -0.15) is 0 Å². The molecule has 0 radical (unpaired) electrons. The van der Waals surface area contributed by atoms with Crippen LogP contribution in [0.2, 0.25) is 0 Å². The predicted octanol–water partition coefficient (Wildman–Crippen LogP) is 1.48. The summed E-state index contributed by atoms with van der Waals surface area (Å²) in [6.07, 6.45) is 1.08. The van der Waals surface area contributed by atoms with Crippen molar-refractivity contribution in [2.45, 2.75) is 11.4 Å². The molecule has 0 saturated carbocycles. The number of pyridine rings is 1. The number of nitrogens with one attached hydrogen (secondary N) is 1. The molecule has 11 heteroatoms. The van der Waals surface area contributed by atoms with Gasteiger partial charge in [-0.25, -0.2) is 27.0 Å². The summed E-state index contributed by atoms with van der Waals surface area (Å²) in [5, 5.41) is 16.5. The van der Waals surface area contributed by atoms with E-state index in [0.29, 0.717) is 23.5 Å². The molecular formula is C15H12FN5O4S. The van der Waals surface area contributed by atoms with Crippen LogP contribution < -0.4 is 4.72 Å². The summed E-state index contributed by atoms with van der Waals surface area (Å²) >= 11 is 0. The average Bonchev–Trinajstić information content (AvgIpc) is 3.04. The molecule has 0 aliphatic carbocycles. The smallest absolute Gasteiger partial charge is 0.418 e. The normalized spacial score (nSPS) is 11.3. The molecule has 2 aromatic heterocycles. The molecule has 0 bridgehead atoms. The van der Waals surface area contributed by atoms with Crippen molar-refractivity contribution in [1.82, 2.24) is 24.7 Å².